The van der Waals surface area contributed by atoms with Gasteiger partial charge in [-0.05, 0) is 62.8 Å². The smallest absolute Gasteiger partial charge is 0.344 e. The van der Waals surface area contributed by atoms with Crippen LogP contribution in [0.3, 0.4) is 0 Å². The van der Waals surface area contributed by atoms with Crippen LogP contribution in [0.25, 0.3) is 0 Å². The molecule has 1 aromatic rings. The monoisotopic (exact) mass is 347 g/mol. The summed E-state index contributed by atoms with van der Waals surface area (Å²) in [5.41, 5.74) is 2.13. The SMILES string of the molecule is Cc1cc(C)cc(OCC(=O)O[C@H](C)C(=O)N[C@@H]2CCCC[C@@H]2C)c1. The summed E-state index contributed by atoms with van der Waals surface area (Å²) in [5.74, 6) is 0.313. The number of benzene rings is 1. The maximum absolute atomic E-state index is 12.2. The van der Waals surface area contributed by atoms with Crippen molar-refractivity contribution < 1.29 is 19.1 Å². The fraction of sp³-hybridized carbons (Fsp3) is 0.600. The predicted molar refractivity (Wildman–Crippen MR) is 96.5 cm³/mol. The van der Waals surface area contributed by atoms with Gasteiger partial charge in [-0.3, -0.25) is 4.79 Å². The Morgan fingerprint density at radius 2 is 1.80 bits per heavy atom. The number of rotatable bonds is 6. The van der Waals surface area contributed by atoms with Crippen molar-refractivity contribution in [2.24, 2.45) is 5.92 Å². The molecule has 0 aromatic heterocycles. The van der Waals surface area contributed by atoms with E-state index in [2.05, 4.69) is 12.2 Å². The molecule has 1 aliphatic rings. The van der Waals surface area contributed by atoms with Gasteiger partial charge in [-0.15, -0.1) is 0 Å². The van der Waals surface area contributed by atoms with Gasteiger partial charge in [0.1, 0.15) is 5.75 Å². The Bertz CT molecular complexity index is 593. The number of aryl methyl sites for hydroxylation is 2. The molecule has 1 aliphatic carbocycles. The van der Waals surface area contributed by atoms with E-state index >= 15 is 0 Å². The van der Waals surface area contributed by atoms with Crippen LogP contribution in [0.1, 0.15) is 50.7 Å². The van der Waals surface area contributed by atoms with Gasteiger partial charge in [0.2, 0.25) is 0 Å². The summed E-state index contributed by atoms with van der Waals surface area (Å²) in [4.78, 5) is 24.2. The van der Waals surface area contributed by atoms with Gasteiger partial charge in [-0.25, -0.2) is 4.79 Å². The molecule has 0 aliphatic heterocycles. The lowest BCUT2D eigenvalue weighted by molar-refractivity contribution is -0.157. The van der Waals surface area contributed by atoms with Crippen LogP contribution in [-0.4, -0.2) is 30.6 Å². The molecule has 1 amide bonds. The fourth-order valence-corrected chi connectivity index (χ4v) is 3.27. The van der Waals surface area contributed by atoms with E-state index < -0.39 is 12.1 Å². The molecule has 2 rings (SSSR count). The molecule has 0 unspecified atom stereocenters. The lowest BCUT2D eigenvalue weighted by Gasteiger charge is -2.30. The highest BCUT2D eigenvalue weighted by atomic mass is 16.6. The van der Waals surface area contributed by atoms with E-state index in [-0.39, 0.29) is 18.6 Å². The summed E-state index contributed by atoms with van der Waals surface area (Å²) in [6.07, 6.45) is 3.65. The Kier molecular flexibility index (Phi) is 6.85. The first-order valence-corrected chi connectivity index (χ1v) is 9.06. The van der Waals surface area contributed by atoms with E-state index in [1.165, 1.54) is 6.42 Å². The number of nitrogens with one attached hydrogen (secondary N) is 1. The zero-order valence-electron chi connectivity index (χ0n) is 15.6. The minimum atomic E-state index is -0.815. The van der Waals surface area contributed by atoms with Crippen molar-refractivity contribution in [1.82, 2.24) is 5.32 Å². The Hall–Kier alpha value is -2.04. The quantitative estimate of drug-likeness (QED) is 0.802. The highest BCUT2D eigenvalue weighted by molar-refractivity contribution is 5.83. The summed E-state index contributed by atoms with van der Waals surface area (Å²) in [6, 6.07) is 5.93. The topological polar surface area (TPSA) is 64.6 Å². The molecule has 1 N–H and O–H groups in total. The van der Waals surface area contributed by atoms with Crippen LogP contribution in [0.5, 0.6) is 5.75 Å². The van der Waals surface area contributed by atoms with Crippen LogP contribution in [-0.2, 0) is 14.3 Å². The molecule has 5 nitrogen and oxygen atoms in total. The lowest BCUT2D eigenvalue weighted by Crippen LogP contribution is -2.46. The van der Waals surface area contributed by atoms with Gasteiger partial charge in [0, 0.05) is 6.04 Å². The molecule has 1 fully saturated rings. The van der Waals surface area contributed by atoms with Crippen LogP contribution in [0.4, 0.5) is 0 Å². The Morgan fingerprint density at radius 1 is 1.16 bits per heavy atom. The van der Waals surface area contributed by atoms with Gasteiger partial charge < -0.3 is 14.8 Å². The van der Waals surface area contributed by atoms with E-state index in [9.17, 15) is 9.59 Å². The predicted octanol–water partition coefficient (Wildman–Crippen LogP) is 3.31. The van der Waals surface area contributed by atoms with Crippen molar-refractivity contribution in [2.75, 3.05) is 6.61 Å². The first-order chi connectivity index (χ1) is 11.8. The summed E-state index contributed by atoms with van der Waals surface area (Å²) >= 11 is 0. The first-order valence-electron chi connectivity index (χ1n) is 9.06. The molecule has 0 bridgehead atoms. The molecule has 0 saturated heterocycles. The van der Waals surface area contributed by atoms with Crippen LogP contribution in [0.2, 0.25) is 0 Å². The van der Waals surface area contributed by atoms with E-state index in [0.29, 0.717) is 11.7 Å². The zero-order valence-corrected chi connectivity index (χ0v) is 15.6. The number of hydrogen-bond acceptors (Lipinski definition) is 4. The van der Waals surface area contributed by atoms with Gasteiger partial charge in [-0.1, -0.05) is 25.8 Å². The van der Waals surface area contributed by atoms with Crippen molar-refractivity contribution in [3.8, 4) is 5.75 Å². The molecule has 5 heteroatoms. The van der Waals surface area contributed by atoms with Crippen LogP contribution < -0.4 is 10.1 Å². The van der Waals surface area contributed by atoms with Gasteiger partial charge in [0.15, 0.2) is 12.7 Å². The number of carbonyl (C=O) groups excluding carboxylic acids is 2. The molecule has 0 heterocycles. The van der Waals surface area contributed by atoms with E-state index in [1.807, 2.05) is 32.0 Å². The third-order valence-corrected chi connectivity index (χ3v) is 4.67. The van der Waals surface area contributed by atoms with Crippen LogP contribution in [0.15, 0.2) is 18.2 Å². The number of ether oxygens (including phenoxy) is 2. The van der Waals surface area contributed by atoms with Crippen molar-refractivity contribution in [3.63, 3.8) is 0 Å². The number of hydrogen-bond donors (Lipinski definition) is 1. The molecule has 0 radical (unpaired) electrons. The maximum atomic E-state index is 12.2. The van der Waals surface area contributed by atoms with Gasteiger partial charge in [0.25, 0.3) is 5.91 Å². The zero-order chi connectivity index (χ0) is 18.4. The van der Waals surface area contributed by atoms with Crippen LogP contribution >= 0.6 is 0 Å². The van der Waals surface area contributed by atoms with Gasteiger partial charge in [-0.2, -0.15) is 0 Å². The Balaban J connectivity index is 1.77. The summed E-state index contributed by atoms with van der Waals surface area (Å²) in [5, 5.41) is 3.01. The van der Waals surface area contributed by atoms with Crippen molar-refractivity contribution in [3.05, 3.63) is 29.3 Å². The van der Waals surface area contributed by atoms with Crippen molar-refractivity contribution in [2.45, 2.75) is 65.5 Å². The molecule has 1 saturated carbocycles. The average Bonchev–Trinajstić information content (AvgIpc) is 2.54. The van der Waals surface area contributed by atoms with E-state index in [4.69, 9.17) is 9.47 Å². The second kappa shape index (κ2) is 8.88. The van der Waals surface area contributed by atoms with Gasteiger partial charge in [0.05, 0.1) is 0 Å². The first kappa shape index (κ1) is 19.3. The molecule has 25 heavy (non-hydrogen) atoms. The van der Waals surface area contributed by atoms with Crippen molar-refractivity contribution in [1.29, 1.82) is 0 Å². The standard InChI is InChI=1S/C20H29NO4/c1-13-9-14(2)11-17(10-13)24-12-19(22)25-16(4)20(23)21-18-8-6-5-7-15(18)3/h9-11,15-16,18H,5-8,12H2,1-4H3,(H,21,23)/t15-,16+,18+/m0/s1. The average molecular weight is 347 g/mol. The number of amides is 1. The highest BCUT2D eigenvalue weighted by Gasteiger charge is 2.26. The summed E-state index contributed by atoms with van der Waals surface area (Å²) in [6.45, 7) is 7.48. The maximum Gasteiger partial charge on any atom is 0.344 e. The number of esters is 1. The third-order valence-electron chi connectivity index (χ3n) is 4.67. The lowest BCUT2D eigenvalue weighted by atomic mass is 9.86. The second-order valence-corrected chi connectivity index (χ2v) is 7.12. The largest absolute Gasteiger partial charge is 0.482 e. The minimum Gasteiger partial charge on any atom is -0.482 e. The highest BCUT2D eigenvalue weighted by Crippen LogP contribution is 2.23. The molecule has 138 valence electrons. The van der Waals surface area contributed by atoms with Crippen LogP contribution in [0, 0.1) is 19.8 Å². The third kappa shape index (κ3) is 6.07. The second-order valence-electron chi connectivity index (χ2n) is 7.12. The van der Waals surface area contributed by atoms with Gasteiger partial charge >= 0.3 is 5.97 Å². The summed E-state index contributed by atoms with van der Waals surface area (Å²) < 4.78 is 10.7. The summed E-state index contributed by atoms with van der Waals surface area (Å²) in [7, 11) is 0. The Labute approximate surface area is 150 Å². The normalized spacial score (nSPS) is 21.3. The van der Waals surface area contributed by atoms with E-state index in [0.717, 1.165) is 30.4 Å². The molecular formula is C20H29NO4. The van der Waals surface area contributed by atoms with E-state index in [1.54, 1.807) is 6.92 Å². The minimum absolute atomic E-state index is 0.175. The molecule has 3 atom stereocenters. The van der Waals surface area contributed by atoms with Crippen molar-refractivity contribution >= 4 is 11.9 Å². The fourth-order valence-electron chi connectivity index (χ4n) is 3.27. The molecular weight excluding hydrogens is 318 g/mol. The number of carbonyl (C=O) groups is 2. The molecule has 0 spiro atoms. The molecule has 1 aromatic carbocycles. The Morgan fingerprint density at radius 3 is 2.44 bits per heavy atom.